The lowest BCUT2D eigenvalue weighted by Crippen LogP contribution is -2.29. The van der Waals surface area contributed by atoms with Gasteiger partial charge in [-0.3, -0.25) is 14.3 Å². The Labute approximate surface area is 105 Å². The van der Waals surface area contributed by atoms with Crippen LogP contribution in [0.5, 0.6) is 0 Å². The molecule has 18 heavy (non-hydrogen) atoms. The first-order valence-corrected chi connectivity index (χ1v) is 6.04. The molecule has 0 saturated heterocycles. The zero-order chi connectivity index (χ0) is 13.1. The van der Waals surface area contributed by atoms with E-state index >= 15 is 0 Å². The van der Waals surface area contributed by atoms with Gasteiger partial charge in [0.15, 0.2) is 0 Å². The van der Waals surface area contributed by atoms with Gasteiger partial charge in [0.2, 0.25) is 5.91 Å². The average molecular weight is 251 g/mol. The summed E-state index contributed by atoms with van der Waals surface area (Å²) in [6, 6.07) is 0. The van der Waals surface area contributed by atoms with Gasteiger partial charge in [0.05, 0.1) is 12.1 Å². The summed E-state index contributed by atoms with van der Waals surface area (Å²) in [6.45, 7) is 0.445. The zero-order valence-corrected chi connectivity index (χ0v) is 10.3. The number of carbonyl (C=O) groups is 2. The van der Waals surface area contributed by atoms with Crippen molar-refractivity contribution in [1.29, 1.82) is 0 Å². The number of carboxylic acid groups (broad SMARTS) is 1. The summed E-state index contributed by atoms with van der Waals surface area (Å²) < 4.78 is 1.68. The molecule has 0 bridgehead atoms. The molecular weight excluding hydrogens is 234 g/mol. The van der Waals surface area contributed by atoms with Crippen LogP contribution in [0.1, 0.15) is 24.8 Å². The first-order valence-electron chi connectivity index (χ1n) is 6.04. The molecule has 1 aliphatic carbocycles. The minimum Gasteiger partial charge on any atom is -0.481 e. The van der Waals surface area contributed by atoms with Gasteiger partial charge in [0.1, 0.15) is 0 Å². The van der Waals surface area contributed by atoms with Crippen LogP contribution in [0.3, 0.4) is 0 Å². The van der Waals surface area contributed by atoms with Gasteiger partial charge in [-0.2, -0.15) is 5.10 Å². The number of hydrogen-bond donors (Lipinski definition) is 2. The van der Waals surface area contributed by atoms with E-state index in [1.165, 1.54) is 0 Å². The van der Waals surface area contributed by atoms with Crippen molar-refractivity contribution >= 4 is 11.9 Å². The van der Waals surface area contributed by atoms with Gasteiger partial charge >= 0.3 is 5.97 Å². The van der Waals surface area contributed by atoms with Crippen molar-refractivity contribution < 1.29 is 14.7 Å². The van der Waals surface area contributed by atoms with E-state index in [9.17, 15) is 9.59 Å². The Morgan fingerprint density at radius 2 is 2.22 bits per heavy atom. The molecule has 2 N–H and O–H groups in total. The first kappa shape index (κ1) is 12.6. The summed E-state index contributed by atoms with van der Waals surface area (Å²) >= 11 is 0. The van der Waals surface area contributed by atoms with Crippen LogP contribution >= 0.6 is 0 Å². The number of hydrogen-bond acceptors (Lipinski definition) is 3. The highest BCUT2D eigenvalue weighted by molar-refractivity contribution is 5.80. The van der Waals surface area contributed by atoms with Crippen molar-refractivity contribution in [2.24, 2.45) is 18.9 Å². The maximum atomic E-state index is 11.9. The van der Waals surface area contributed by atoms with Gasteiger partial charge < -0.3 is 10.4 Å². The standard InChI is InChI=1S/C12H17N3O3/c1-15-7-8(6-14-15)5-13-11(16)9-2-3-10(4-9)12(17)18/h6-7,9-10H,2-5H2,1H3,(H,13,16)(H,17,18)/t9-,10+/m1/s1. The van der Waals surface area contributed by atoms with E-state index in [2.05, 4.69) is 10.4 Å². The molecule has 0 spiro atoms. The summed E-state index contributed by atoms with van der Waals surface area (Å²) in [5.74, 6) is -1.37. The van der Waals surface area contributed by atoms with E-state index in [-0.39, 0.29) is 17.7 Å². The van der Waals surface area contributed by atoms with Gasteiger partial charge in [0.25, 0.3) is 0 Å². The van der Waals surface area contributed by atoms with Crippen molar-refractivity contribution in [3.05, 3.63) is 18.0 Å². The molecule has 0 aromatic carbocycles. The molecule has 98 valence electrons. The molecule has 2 atom stereocenters. The van der Waals surface area contributed by atoms with Crippen molar-refractivity contribution in [3.63, 3.8) is 0 Å². The predicted molar refractivity (Wildman–Crippen MR) is 63.5 cm³/mol. The summed E-state index contributed by atoms with van der Waals surface area (Å²) in [5, 5.41) is 15.7. The molecule has 1 fully saturated rings. The van der Waals surface area contributed by atoms with Crippen molar-refractivity contribution in [2.75, 3.05) is 0 Å². The molecular formula is C12H17N3O3. The number of carbonyl (C=O) groups excluding carboxylic acids is 1. The van der Waals surface area contributed by atoms with Gasteiger partial charge in [-0.05, 0) is 19.3 Å². The maximum Gasteiger partial charge on any atom is 0.306 e. The number of amides is 1. The number of aryl methyl sites for hydroxylation is 1. The Morgan fingerprint density at radius 1 is 1.50 bits per heavy atom. The van der Waals surface area contributed by atoms with Crippen LogP contribution in [0.2, 0.25) is 0 Å². The Bertz CT molecular complexity index is 455. The molecule has 1 amide bonds. The SMILES string of the molecule is Cn1cc(CNC(=O)[C@@H]2CC[C@H](C(=O)O)C2)cn1. The monoisotopic (exact) mass is 251 g/mol. The topological polar surface area (TPSA) is 84.2 Å². The van der Waals surface area contributed by atoms with E-state index in [1.807, 2.05) is 13.2 Å². The maximum absolute atomic E-state index is 11.9. The van der Waals surface area contributed by atoms with E-state index in [1.54, 1.807) is 10.9 Å². The fraction of sp³-hybridized carbons (Fsp3) is 0.583. The number of nitrogens with one attached hydrogen (secondary N) is 1. The predicted octanol–water partition coefficient (Wildman–Crippen LogP) is 0.537. The van der Waals surface area contributed by atoms with Gasteiger partial charge in [-0.15, -0.1) is 0 Å². The van der Waals surface area contributed by atoms with Gasteiger partial charge in [-0.1, -0.05) is 0 Å². The van der Waals surface area contributed by atoms with E-state index in [0.29, 0.717) is 25.8 Å². The number of nitrogens with zero attached hydrogens (tertiary/aromatic N) is 2. The number of aromatic nitrogens is 2. The highest BCUT2D eigenvalue weighted by Gasteiger charge is 2.33. The molecule has 2 rings (SSSR count). The van der Waals surface area contributed by atoms with Crippen LogP contribution in [0.25, 0.3) is 0 Å². The second-order valence-electron chi connectivity index (χ2n) is 4.79. The number of carboxylic acids is 1. The van der Waals surface area contributed by atoms with Crippen LogP contribution in [0.15, 0.2) is 12.4 Å². The third-order valence-electron chi connectivity index (χ3n) is 3.38. The van der Waals surface area contributed by atoms with Crippen molar-refractivity contribution in [3.8, 4) is 0 Å². The quantitative estimate of drug-likeness (QED) is 0.818. The average Bonchev–Trinajstić information content (AvgIpc) is 2.94. The molecule has 0 radical (unpaired) electrons. The molecule has 0 unspecified atom stereocenters. The normalized spacial score (nSPS) is 22.9. The Morgan fingerprint density at radius 3 is 2.78 bits per heavy atom. The lowest BCUT2D eigenvalue weighted by Gasteiger charge is -2.09. The minimum absolute atomic E-state index is 0.0531. The fourth-order valence-corrected chi connectivity index (χ4v) is 2.34. The first-order chi connectivity index (χ1) is 8.56. The molecule has 1 saturated carbocycles. The number of rotatable bonds is 4. The smallest absolute Gasteiger partial charge is 0.306 e. The molecule has 1 aromatic heterocycles. The molecule has 6 nitrogen and oxygen atoms in total. The van der Waals surface area contributed by atoms with Crippen LogP contribution in [0.4, 0.5) is 0 Å². The lowest BCUT2D eigenvalue weighted by atomic mass is 10.0. The third kappa shape index (κ3) is 2.88. The van der Waals surface area contributed by atoms with Gasteiger partial charge in [0, 0.05) is 31.3 Å². The molecule has 0 aliphatic heterocycles. The lowest BCUT2D eigenvalue weighted by molar-refractivity contribution is -0.141. The fourth-order valence-electron chi connectivity index (χ4n) is 2.34. The second kappa shape index (κ2) is 5.20. The highest BCUT2D eigenvalue weighted by Crippen LogP contribution is 2.31. The molecule has 1 aromatic rings. The van der Waals surface area contributed by atoms with E-state index in [0.717, 1.165) is 5.56 Å². The van der Waals surface area contributed by atoms with Crippen LogP contribution in [-0.2, 0) is 23.2 Å². The van der Waals surface area contributed by atoms with Gasteiger partial charge in [-0.25, -0.2) is 0 Å². The van der Waals surface area contributed by atoms with Crippen LogP contribution in [-0.4, -0.2) is 26.8 Å². The summed E-state index contributed by atoms with van der Waals surface area (Å²) in [5.41, 5.74) is 0.943. The molecule has 1 aliphatic rings. The molecule has 1 heterocycles. The van der Waals surface area contributed by atoms with Crippen LogP contribution < -0.4 is 5.32 Å². The number of aliphatic carboxylic acids is 1. The summed E-state index contributed by atoms with van der Waals surface area (Å²) in [7, 11) is 1.82. The highest BCUT2D eigenvalue weighted by atomic mass is 16.4. The largest absolute Gasteiger partial charge is 0.481 e. The van der Waals surface area contributed by atoms with Crippen LogP contribution in [0, 0.1) is 11.8 Å². The Hall–Kier alpha value is -1.85. The molecule has 6 heteroatoms. The Balaban J connectivity index is 1.80. The second-order valence-corrected chi connectivity index (χ2v) is 4.79. The van der Waals surface area contributed by atoms with Crippen molar-refractivity contribution in [1.82, 2.24) is 15.1 Å². The Kier molecular flexibility index (Phi) is 3.64. The van der Waals surface area contributed by atoms with E-state index < -0.39 is 5.97 Å². The summed E-state index contributed by atoms with van der Waals surface area (Å²) in [4.78, 5) is 22.7. The van der Waals surface area contributed by atoms with Crippen molar-refractivity contribution in [2.45, 2.75) is 25.8 Å². The minimum atomic E-state index is -0.794. The van der Waals surface area contributed by atoms with E-state index in [4.69, 9.17) is 5.11 Å². The summed E-state index contributed by atoms with van der Waals surface area (Å²) in [6.07, 6.45) is 5.26. The zero-order valence-electron chi connectivity index (χ0n) is 10.3. The third-order valence-corrected chi connectivity index (χ3v) is 3.38.